The number of hydrogen-bond donors (Lipinski definition) is 3. The summed E-state index contributed by atoms with van der Waals surface area (Å²) in [6, 6.07) is 15.2. The monoisotopic (exact) mass is 451 g/mol. The van der Waals surface area contributed by atoms with Crippen molar-refractivity contribution < 1.29 is 9.47 Å². The second kappa shape index (κ2) is 12.8. The molecule has 1 fully saturated rings. The fourth-order valence-electron chi connectivity index (χ4n) is 4.12. The summed E-state index contributed by atoms with van der Waals surface area (Å²) in [5.41, 5.74) is 12.9. The van der Waals surface area contributed by atoms with Crippen molar-refractivity contribution in [2.45, 2.75) is 32.1 Å². The lowest BCUT2D eigenvalue weighted by atomic mass is 9.92. The highest BCUT2D eigenvalue weighted by Gasteiger charge is 2.18. The second-order valence-electron chi connectivity index (χ2n) is 8.55. The Balaban J connectivity index is 1.23. The SMILES string of the molecule is CN=C(N)c1ccc(OCCCC2CCN(CCCOc3ccc(C(=N)N)cc3)CC2)cc1. The molecule has 0 atom stereocenters. The Morgan fingerprint density at radius 3 is 2.00 bits per heavy atom. The minimum Gasteiger partial charge on any atom is -0.494 e. The summed E-state index contributed by atoms with van der Waals surface area (Å²) in [4.78, 5) is 6.54. The maximum absolute atomic E-state index is 7.43. The first-order chi connectivity index (χ1) is 16.0. The van der Waals surface area contributed by atoms with Crippen LogP contribution in [0.3, 0.4) is 0 Å². The number of nitrogen functional groups attached to an aromatic ring is 1. The van der Waals surface area contributed by atoms with Gasteiger partial charge in [-0.25, -0.2) is 0 Å². The number of aliphatic imine (C=N–C) groups is 1. The van der Waals surface area contributed by atoms with Gasteiger partial charge in [0.25, 0.3) is 0 Å². The predicted molar refractivity (Wildman–Crippen MR) is 135 cm³/mol. The van der Waals surface area contributed by atoms with Crippen molar-refractivity contribution in [1.82, 2.24) is 4.90 Å². The average Bonchev–Trinajstić information content (AvgIpc) is 2.85. The predicted octanol–water partition coefficient (Wildman–Crippen LogP) is 3.65. The average molecular weight is 452 g/mol. The van der Waals surface area contributed by atoms with Gasteiger partial charge in [0.1, 0.15) is 23.2 Å². The molecule has 3 rings (SSSR count). The third-order valence-corrected chi connectivity index (χ3v) is 6.18. The van der Waals surface area contributed by atoms with Crippen LogP contribution in [0.1, 0.15) is 43.2 Å². The van der Waals surface area contributed by atoms with Crippen molar-refractivity contribution in [3.63, 3.8) is 0 Å². The van der Waals surface area contributed by atoms with Crippen LogP contribution in [-0.4, -0.2) is 56.5 Å². The number of rotatable bonds is 12. The third kappa shape index (κ3) is 8.09. The van der Waals surface area contributed by atoms with Crippen molar-refractivity contribution >= 4 is 11.7 Å². The number of likely N-dealkylation sites (tertiary alicyclic amines) is 1. The van der Waals surface area contributed by atoms with Gasteiger partial charge in [0, 0.05) is 24.7 Å². The summed E-state index contributed by atoms with van der Waals surface area (Å²) in [7, 11) is 1.69. The zero-order chi connectivity index (χ0) is 23.5. The summed E-state index contributed by atoms with van der Waals surface area (Å²) >= 11 is 0. The number of nitrogens with one attached hydrogen (secondary N) is 1. The van der Waals surface area contributed by atoms with Gasteiger partial charge in [0.2, 0.25) is 0 Å². The molecular formula is C26H37N5O2. The van der Waals surface area contributed by atoms with Gasteiger partial charge in [-0.05, 0) is 99.6 Å². The molecule has 1 saturated heterocycles. The largest absolute Gasteiger partial charge is 0.494 e. The zero-order valence-electron chi connectivity index (χ0n) is 19.6. The smallest absolute Gasteiger partial charge is 0.125 e. The van der Waals surface area contributed by atoms with Crippen LogP contribution in [0.25, 0.3) is 0 Å². The lowest BCUT2D eigenvalue weighted by Gasteiger charge is -2.32. The van der Waals surface area contributed by atoms with E-state index in [1.807, 2.05) is 48.5 Å². The van der Waals surface area contributed by atoms with Crippen molar-refractivity contribution in [2.75, 3.05) is 39.9 Å². The Hall–Kier alpha value is -3.06. The molecule has 0 unspecified atom stereocenters. The van der Waals surface area contributed by atoms with E-state index in [0.717, 1.165) is 54.5 Å². The van der Waals surface area contributed by atoms with E-state index in [9.17, 15) is 0 Å². The Labute approximate surface area is 197 Å². The minimum atomic E-state index is 0.0800. The standard InChI is InChI=1S/C26H37N5O2/c1-30-26(29)22-7-11-24(12-8-22)32-18-2-4-20-13-16-31(17-14-20)15-3-19-33-23-9-5-21(6-10-23)25(27)28/h5-12,20H,2-4,13-19H2,1H3,(H3,27,28)(H2,29,30). The van der Waals surface area contributed by atoms with E-state index >= 15 is 0 Å². The van der Waals surface area contributed by atoms with Crippen molar-refractivity contribution in [1.29, 1.82) is 5.41 Å². The van der Waals surface area contributed by atoms with Gasteiger partial charge >= 0.3 is 0 Å². The van der Waals surface area contributed by atoms with E-state index in [1.165, 1.54) is 32.4 Å². The molecule has 0 aromatic heterocycles. The van der Waals surface area contributed by atoms with Crippen LogP contribution in [-0.2, 0) is 0 Å². The van der Waals surface area contributed by atoms with Crippen molar-refractivity contribution in [3.8, 4) is 11.5 Å². The van der Waals surface area contributed by atoms with Gasteiger partial charge in [0.15, 0.2) is 0 Å². The van der Waals surface area contributed by atoms with Crippen LogP contribution in [0.15, 0.2) is 53.5 Å². The lowest BCUT2D eigenvalue weighted by Crippen LogP contribution is -2.35. The zero-order valence-corrected chi connectivity index (χ0v) is 19.6. The minimum absolute atomic E-state index is 0.0800. The van der Waals surface area contributed by atoms with E-state index in [1.54, 1.807) is 7.05 Å². The molecule has 7 nitrogen and oxygen atoms in total. The first kappa shape index (κ1) is 24.6. The highest BCUT2D eigenvalue weighted by atomic mass is 16.5. The maximum atomic E-state index is 7.43. The van der Waals surface area contributed by atoms with Crippen molar-refractivity contribution in [3.05, 3.63) is 59.7 Å². The number of amidine groups is 2. The maximum Gasteiger partial charge on any atom is 0.125 e. The molecule has 2 aromatic rings. The molecule has 0 saturated carbocycles. The number of ether oxygens (including phenoxy) is 2. The number of nitrogens with zero attached hydrogens (tertiary/aromatic N) is 2. The second-order valence-corrected chi connectivity index (χ2v) is 8.55. The molecule has 2 aromatic carbocycles. The molecule has 0 aliphatic carbocycles. The molecule has 33 heavy (non-hydrogen) atoms. The molecule has 1 heterocycles. The molecule has 7 heteroatoms. The van der Waals surface area contributed by atoms with E-state index < -0.39 is 0 Å². The van der Waals surface area contributed by atoms with Crippen LogP contribution in [0.5, 0.6) is 11.5 Å². The van der Waals surface area contributed by atoms with E-state index in [0.29, 0.717) is 12.4 Å². The summed E-state index contributed by atoms with van der Waals surface area (Å²) < 4.78 is 11.7. The molecule has 1 aliphatic rings. The molecule has 0 spiro atoms. The Kier molecular flexibility index (Phi) is 9.57. The molecule has 0 radical (unpaired) electrons. The van der Waals surface area contributed by atoms with Crippen molar-refractivity contribution in [2.24, 2.45) is 22.4 Å². The summed E-state index contributed by atoms with van der Waals surface area (Å²) in [5, 5.41) is 7.43. The highest BCUT2D eigenvalue weighted by Crippen LogP contribution is 2.22. The van der Waals surface area contributed by atoms with Crippen LogP contribution in [0.4, 0.5) is 0 Å². The van der Waals surface area contributed by atoms with Gasteiger partial charge in [0.05, 0.1) is 13.2 Å². The number of benzene rings is 2. The van der Waals surface area contributed by atoms with E-state index in [2.05, 4.69) is 9.89 Å². The fraction of sp³-hybridized carbons (Fsp3) is 0.462. The number of hydrogen-bond acceptors (Lipinski definition) is 5. The molecule has 178 valence electrons. The van der Waals surface area contributed by atoms with Gasteiger partial charge in [-0.15, -0.1) is 0 Å². The quantitative estimate of drug-likeness (QED) is 0.259. The topological polar surface area (TPSA) is 110 Å². The normalized spacial score (nSPS) is 15.4. The Morgan fingerprint density at radius 1 is 0.909 bits per heavy atom. The van der Waals surface area contributed by atoms with Crippen LogP contribution < -0.4 is 20.9 Å². The molecule has 1 aliphatic heterocycles. The molecule has 0 amide bonds. The highest BCUT2D eigenvalue weighted by molar-refractivity contribution is 5.97. The van der Waals surface area contributed by atoms with Gasteiger partial charge in [-0.1, -0.05) is 0 Å². The van der Waals surface area contributed by atoms with Crippen LogP contribution in [0, 0.1) is 11.3 Å². The van der Waals surface area contributed by atoms with Gasteiger partial charge < -0.3 is 25.8 Å². The number of nitrogens with two attached hydrogens (primary N) is 2. The van der Waals surface area contributed by atoms with Crippen LogP contribution in [0.2, 0.25) is 0 Å². The Bertz CT molecular complexity index is 888. The lowest BCUT2D eigenvalue weighted by molar-refractivity contribution is 0.161. The summed E-state index contributed by atoms with van der Waals surface area (Å²) in [5.74, 6) is 3.13. The van der Waals surface area contributed by atoms with Gasteiger partial charge in [-0.2, -0.15) is 0 Å². The third-order valence-electron chi connectivity index (χ3n) is 6.18. The molecular weight excluding hydrogens is 414 g/mol. The van der Waals surface area contributed by atoms with Gasteiger partial charge in [-0.3, -0.25) is 10.4 Å². The Morgan fingerprint density at radius 2 is 1.45 bits per heavy atom. The van der Waals surface area contributed by atoms with E-state index in [4.69, 9.17) is 26.4 Å². The van der Waals surface area contributed by atoms with Crippen LogP contribution >= 0.6 is 0 Å². The molecule has 0 bridgehead atoms. The first-order valence-corrected chi connectivity index (χ1v) is 11.8. The fourth-order valence-corrected chi connectivity index (χ4v) is 4.12. The number of piperidine rings is 1. The van der Waals surface area contributed by atoms with E-state index in [-0.39, 0.29) is 5.84 Å². The first-order valence-electron chi connectivity index (χ1n) is 11.8. The summed E-state index contributed by atoms with van der Waals surface area (Å²) in [6.45, 7) is 4.86. The summed E-state index contributed by atoms with van der Waals surface area (Å²) in [6.07, 6.45) is 5.85. The molecule has 5 N–H and O–H groups in total.